The molecule has 6 nitrogen and oxygen atoms in total. The van der Waals surface area contributed by atoms with Gasteiger partial charge >= 0.3 is 0 Å². The third-order valence-electron chi connectivity index (χ3n) is 4.06. The average molecular weight is 411 g/mol. The minimum absolute atomic E-state index is 0.0287. The number of hydrogen-bond donors (Lipinski definition) is 1. The first-order valence-corrected chi connectivity index (χ1v) is 11.8. The number of sulfonamides is 1. The van der Waals surface area contributed by atoms with Crippen LogP contribution in [0.25, 0.3) is 10.2 Å². The molecule has 0 saturated carbocycles. The summed E-state index contributed by atoms with van der Waals surface area (Å²) in [5, 5.41) is 0. The monoisotopic (exact) mass is 410 g/mol. The first kappa shape index (κ1) is 18.8. The number of aromatic nitrogens is 1. The highest BCUT2D eigenvalue weighted by atomic mass is 32.2. The van der Waals surface area contributed by atoms with Crippen molar-refractivity contribution in [3.63, 3.8) is 0 Å². The number of thiazole rings is 1. The maximum absolute atomic E-state index is 12.6. The molecule has 0 fully saturated rings. The van der Waals surface area contributed by atoms with Crippen molar-refractivity contribution in [1.29, 1.82) is 0 Å². The molecule has 0 aliphatic rings. The van der Waals surface area contributed by atoms with Crippen LogP contribution in [-0.4, -0.2) is 27.6 Å². The van der Waals surface area contributed by atoms with Gasteiger partial charge in [-0.05, 0) is 55.3 Å². The number of anilines is 1. The van der Waals surface area contributed by atoms with Crippen LogP contribution >= 0.6 is 11.3 Å². The lowest BCUT2D eigenvalue weighted by molar-refractivity contribution is 0.596. The number of sulfone groups is 1. The molecule has 0 aliphatic carbocycles. The van der Waals surface area contributed by atoms with Crippen molar-refractivity contribution in [2.75, 3.05) is 10.5 Å². The zero-order valence-electron chi connectivity index (χ0n) is 14.5. The van der Waals surface area contributed by atoms with Crippen LogP contribution in [0.3, 0.4) is 0 Å². The zero-order valence-corrected chi connectivity index (χ0v) is 16.9. The largest absolute Gasteiger partial charge is 0.280 e. The summed E-state index contributed by atoms with van der Waals surface area (Å²) >= 11 is 1.04. The first-order valence-electron chi connectivity index (χ1n) is 7.86. The van der Waals surface area contributed by atoms with E-state index in [4.69, 9.17) is 0 Å². The van der Waals surface area contributed by atoms with E-state index in [0.29, 0.717) is 15.9 Å². The van der Waals surface area contributed by atoms with Crippen LogP contribution in [0.15, 0.2) is 45.6 Å². The molecule has 26 heavy (non-hydrogen) atoms. The van der Waals surface area contributed by atoms with Gasteiger partial charge in [-0.15, -0.1) is 11.3 Å². The predicted molar refractivity (Wildman–Crippen MR) is 104 cm³/mol. The Labute approximate surface area is 156 Å². The Morgan fingerprint density at radius 2 is 1.73 bits per heavy atom. The molecule has 0 bridgehead atoms. The third-order valence-corrected chi connectivity index (χ3v) is 8.64. The fourth-order valence-electron chi connectivity index (χ4n) is 2.32. The van der Waals surface area contributed by atoms with E-state index in [1.54, 1.807) is 43.3 Å². The lowest BCUT2D eigenvalue weighted by Crippen LogP contribution is -2.13. The minimum atomic E-state index is -3.73. The predicted octanol–water partition coefficient (Wildman–Crippen LogP) is 3.51. The van der Waals surface area contributed by atoms with Gasteiger partial charge in [-0.2, -0.15) is 0 Å². The summed E-state index contributed by atoms with van der Waals surface area (Å²) in [4.78, 5) is 4.31. The van der Waals surface area contributed by atoms with Crippen molar-refractivity contribution in [3.8, 4) is 0 Å². The molecule has 2 aromatic carbocycles. The summed E-state index contributed by atoms with van der Waals surface area (Å²) in [5.41, 5.74) is 2.79. The maximum Gasteiger partial charge on any atom is 0.261 e. The van der Waals surface area contributed by atoms with Crippen LogP contribution < -0.4 is 4.72 Å². The Morgan fingerprint density at radius 1 is 1.00 bits per heavy atom. The van der Waals surface area contributed by atoms with E-state index in [9.17, 15) is 16.8 Å². The van der Waals surface area contributed by atoms with Crippen LogP contribution in [0.5, 0.6) is 0 Å². The van der Waals surface area contributed by atoms with Gasteiger partial charge in [-0.1, -0.05) is 13.0 Å². The minimum Gasteiger partial charge on any atom is -0.280 e. The first-order chi connectivity index (χ1) is 12.1. The number of hydrogen-bond acceptors (Lipinski definition) is 6. The topological polar surface area (TPSA) is 93.2 Å². The Kier molecular flexibility index (Phi) is 4.80. The van der Waals surface area contributed by atoms with E-state index >= 15 is 0 Å². The number of rotatable bonds is 5. The Morgan fingerprint density at radius 3 is 2.38 bits per heavy atom. The van der Waals surface area contributed by atoms with Crippen molar-refractivity contribution < 1.29 is 16.8 Å². The Bertz CT molecular complexity index is 1200. The molecule has 3 rings (SSSR count). The van der Waals surface area contributed by atoms with Gasteiger partial charge in [0.2, 0.25) is 14.2 Å². The molecule has 0 atom stereocenters. The van der Waals surface area contributed by atoms with Gasteiger partial charge in [0.05, 0.1) is 26.6 Å². The molecular formula is C17H18N2O4S3. The van der Waals surface area contributed by atoms with Gasteiger partial charge in [0.1, 0.15) is 0 Å². The van der Waals surface area contributed by atoms with Crippen molar-refractivity contribution in [3.05, 3.63) is 47.5 Å². The SMILES string of the molecule is CCS(=O)(=O)c1nc2ccc(NS(=O)(=O)c3ccc(C)c(C)c3)cc2s1. The summed E-state index contributed by atoms with van der Waals surface area (Å²) in [6, 6.07) is 9.72. The summed E-state index contributed by atoms with van der Waals surface area (Å²) in [5.74, 6) is -0.0287. The second kappa shape index (κ2) is 6.64. The number of nitrogens with one attached hydrogen (secondary N) is 1. The molecule has 1 N–H and O–H groups in total. The molecule has 9 heteroatoms. The number of fused-ring (bicyclic) bond motifs is 1. The highest BCUT2D eigenvalue weighted by molar-refractivity contribution is 7.93. The molecule has 3 aromatic rings. The Balaban J connectivity index is 1.96. The van der Waals surface area contributed by atoms with Gasteiger partial charge in [0, 0.05) is 0 Å². The Hall–Kier alpha value is -1.97. The van der Waals surface area contributed by atoms with Gasteiger partial charge in [0.25, 0.3) is 10.0 Å². The number of benzene rings is 2. The summed E-state index contributed by atoms with van der Waals surface area (Å²) in [7, 11) is -7.12. The van der Waals surface area contributed by atoms with Crippen LogP contribution in [0.1, 0.15) is 18.1 Å². The van der Waals surface area contributed by atoms with Gasteiger partial charge in [0.15, 0.2) is 0 Å². The highest BCUT2D eigenvalue weighted by Gasteiger charge is 2.19. The molecular weight excluding hydrogens is 392 g/mol. The molecule has 1 aromatic heterocycles. The lowest BCUT2D eigenvalue weighted by atomic mass is 10.1. The maximum atomic E-state index is 12.6. The van der Waals surface area contributed by atoms with E-state index in [-0.39, 0.29) is 15.0 Å². The average Bonchev–Trinajstić information content (AvgIpc) is 3.01. The van der Waals surface area contributed by atoms with Gasteiger partial charge in [-0.25, -0.2) is 21.8 Å². The van der Waals surface area contributed by atoms with Crippen molar-refractivity contribution in [1.82, 2.24) is 4.98 Å². The van der Waals surface area contributed by atoms with Crippen LogP contribution in [0.4, 0.5) is 5.69 Å². The van der Waals surface area contributed by atoms with Crippen LogP contribution in [-0.2, 0) is 19.9 Å². The third kappa shape index (κ3) is 3.60. The van der Waals surface area contributed by atoms with E-state index in [1.165, 1.54) is 0 Å². The fraction of sp³-hybridized carbons (Fsp3) is 0.235. The zero-order chi connectivity index (χ0) is 19.1. The number of aryl methyl sites for hydroxylation is 2. The quantitative estimate of drug-likeness (QED) is 0.695. The van der Waals surface area contributed by atoms with E-state index < -0.39 is 19.9 Å². The summed E-state index contributed by atoms with van der Waals surface area (Å²) in [6.07, 6.45) is 0. The normalized spacial score (nSPS) is 12.4. The summed E-state index contributed by atoms with van der Waals surface area (Å²) < 4.78 is 52.3. The second-order valence-electron chi connectivity index (χ2n) is 5.92. The molecule has 0 unspecified atom stereocenters. The van der Waals surface area contributed by atoms with E-state index in [2.05, 4.69) is 9.71 Å². The van der Waals surface area contributed by atoms with Crippen molar-refractivity contribution in [2.45, 2.75) is 30.0 Å². The second-order valence-corrected chi connectivity index (χ2v) is 11.1. The molecule has 138 valence electrons. The fourth-order valence-corrected chi connectivity index (χ4v) is 5.80. The lowest BCUT2D eigenvalue weighted by Gasteiger charge is -2.09. The molecule has 0 radical (unpaired) electrons. The van der Waals surface area contributed by atoms with E-state index in [0.717, 1.165) is 22.5 Å². The summed E-state index contributed by atoms with van der Waals surface area (Å²) in [6.45, 7) is 5.33. The standard InChI is InChI=1S/C17H18N2O4S3/c1-4-25(20,21)17-18-15-8-6-13(10-16(15)24-17)19-26(22,23)14-7-5-11(2)12(3)9-14/h5-10,19H,4H2,1-3H3. The number of nitrogens with zero attached hydrogens (tertiary/aromatic N) is 1. The van der Waals surface area contributed by atoms with Gasteiger partial charge in [-0.3, -0.25) is 4.72 Å². The van der Waals surface area contributed by atoms with Crippen LogP contribution in [0, 0.1) is 13.8 Å². The van der Waals surface area contributed by atoms with Gasteiger partial charge < -0.3 is 0 Å². The van der Waals surface area contributed by atoms with E-state index in [1.807, 2.05) is 13.8 Å². The molecule has 1 heterocycles. The van der Waals surface area contributed by atoms with Crippen molar-refractivity contribution in [2.24, 2.45) is 0 Å². The smallest absolute Gasteiger partial charge is 0.261 e. The van der Waals surface area contributed by atoms with Crippen molar-refractivity contribution >= 4 is 47.1 Å². The highest BCUT2D eigenvalue weighted by Crippen LogP contribution is 2.29. The molecule has 0 saturated heterocycles. The molecule has 0 amide bonds. The van der Waals surface area contributed by atoms with Crippen LogP contribution in [0.2, 0.25) is 0 Å². The molecule has 0 aliphatic heterocycles. The molecule has 0 spiro atoms.